The highest BCUT2D eigenvalue weighted by atomic mass is 32.1. The fourth-order valence-electron chi connectivity index (χ4n) is 1.49. The molecule has 2 nitrogen and oxygen atoms in total. The van der Waals surface area contributed by atoms with Crippen molar-refractivity contribution in [2.45, 2.75) is 6.42 Å². The molecule has 0 amide bonds. The molecule has 0 atom stereocenters. The first-order chi connectivity index (χ1) is 7.79. The van der Waals surface area contributed by atoms with Crippen molar-refractivity contribution in [2.75, 3.05) is 7.11 Å². The minimum absolute atomic E-state index is 0.0834. The molecule has 1 aromatic heterocycles. The van der Waals surface area contributed by atoms with Crippen LogP contribution in [0.1, 0.15) is 10.4 Å². The van der Waals surface area contributed by atoms with Crippen LogP contribution in [0.15, 0.2) is 46.6 Å². The van der Waals surface area contributed by atoms with E-state index in [9.17, 15) is 4.79 Å². The van der Waals surface area contributed by atoms with Gasteiger partial charge in [0.2, 0.25) is 5.43 Å². The average molecular weight is 232 g/mol. The average Bonchev–Trinajstić information content (AvgIpc) is 2.72. The fourth-order valence-corrected chi connectivity index (χ4v) is 2.23. The molecule has 0 aliphatic carbocycles. The van der Waals surface area contributed by atoms with Crippen molar-refractivity contribution in [2.24, 2.45) is 0 Å². The monoisotopic (exact) mass is 232 g/mol. The Morgan fingerprint density at radius 1 is 1.19 bits per heavy atom. The Kier molecular flexibility index (Phi) is 3.37. The predicted molar refractivity (Wildman–Crippen MR) is 66.4 cm³/mol. The van der Waals surface area contributed by atoms with Gasteiger partial charge in [-0.15, -0.1) is 11.3 Å². The van der Waals surface area contributed by atoms with Crippen LogP contribution in [0.2, 0.25) is 0 Å². The van der Waals surface area contributed by atoms with Gasteiger partial charge in [0, 0.05) is 11.3 Å². The largest absolute Gasteiger partial charge is 0.493 e. The van der Waals surface area contributed by atoms with Crippen LogP contribution in [-0.4, -0.2) is 7.11 Å². The van der Waals surface area contributed by atoms with E-state index < -0.39 is 0 Å². The molecule has 0 fully saturated rings. The Bertz CT molecular complexity index is 518. The second kappa shape index (κ2) is 4.94. The van der Waals surface area contributed by atoms with E-state index in [1.807, 2.05) is 18.2 Å². The van der Waals surface area contributed by atoms with E-state index in [0.29, 0.717) is 5.75 Å². The lowest BCUT2D eigenvalue weighted by Crippen LogP contribution is -1.98. The van der Waals surface area contributed by atoms with Crippen LogP contribution < -0.4 is 10.2 Å². The number of rotatable bonds is 3. The first-order valence-corrected chi connectivity index (χ1v) is 5.87. The van der Waals surface area contributed by atoms with Crippen molar-refractivity contribution in [3.8, 4) is 5.75 Å². The molecule has 0 N–H and O–H groups in total. The van der Waals surface area contributed by atoms with Gasteiger partial charge in [-0.1, -0.05) is 18.2 Å². The first-order valence-electron chi connectivity index (χ1n) is 4.99. The van der Waals surface area contributed by atoms with Gasteiger partial charge >= 0.3 is 0 Å². The Labute approximate surface area is 98.1 Å². The zero-order valence-electron chi connectivity index (χ0n) is 8.97. The molecule has 0 aliphatic rings. The zero-order valence-corrected chi connectivity index (χ0v) is 9.79. The highest BCUT2D eigenvalue weighted by Gasteiger charge is 1.99. The Balaban J connectivity index is 2.30. The molecule has 0 bridgehead atoms. The molecule has 2 rings (SSSR count). The zero-order chi connectivity index (χ0) is 11.4. The summed E-state index contributed by atoms with van der Waals surface area (Å²) >= 11 is 1.72. The molecule has 0 unspecified atom stereocenters. The third-order valence-electron chi connectivity index (χ3n) is 2.32. The van der Waals surface area contributed by atoms with Gasteiger partial charge in [-0.2, -0.15) is 0 Å². The van der Waals surface area contributed by atoms with Gasteiger partial charge in [-0.3, -0.25) is 4.79 Å². The van der Waals surface area contributed by atoms with Gasteiger partial charge in [-0.25, -0.2) is 0 Å². The summed E-state index contributed by atoms with van der Waals surface area (Å²) in [7, 11) is 1.51. The third-order valence-corrected chi connectivity index (χ3v) is 3.20. The molecule has 0 saturated heterocycles. The number of thiophene rings is 1. The SMILES string of the molecule is COc1ccc(Cc2cccs2)ccc1=O. The molecule has 0 radical (unpaired) electrons. The van der Waals surface area contributed by atoms with E-state index in [2.05, 4.69) is 11.4 Å². The van der Waals surface area contributed by atoms with Crippen LogP contribution in [-0.2, 0) is 6.42 Å². The van der Waals surface area contributed by atoms with Crippen LogP contribution in [0.4, 0.5) is 0 Å². The summed E-state index contributed by atoms with van der Waals surface area (Å²) in [5, 5.41) is 2.05. The van der Waals surface area contributed by atoms with Crippen molar-refractivity contribution in [3.05, 3.63) is 62.4 Å². The van der Waals surface area contributed by atoms with E-state index in [4.69, 9.17) is 4.74 Å². The standard InChI is InChI=1S/C13H12O2S/c1-15-13-7-5-10(4-6-12(13)14)9-11-3-2-8-16-11/h2-8H,9H2,1H3. The quantitative estimate of drug-likeness (QED) is 0.813. The smallest absolute Gasteiger partial charge is 0.220 e. The van der Waals surface area contributed by atoms with Gasteiger partial charge in [0.1, 0.15) is 0 Å². The molecule has 0 spiro atoms. The van der Waals surface area contributed by atoms with Crippen molar-refractivity contribution in [1.82, 2.24) is 0 Å². The van der Waals surface area contributed by atoms with E-state index in [-0.39, 0.29) is 5.43 Å². The fraction of sp³-hybridized carbons (Fsp3) is 0.154. The van der Waals surface area contributed by atoms with E-state index in [0.717, 1.165) is 12.0 Å². The summed E-state index contributed by atoms with van der Waals surface area (Å²) in [4.78, 5) is 12.8. The van der Waals surface area contributed by atoms with Crippen molar-refractivity contribution in [3.63, 3.8) is 0 Å². The molecular formula is C13H12O2S. The summed E-state index contributed by atoms with van der Waals surface area (Å²) in [5.41, 5.74) is 1.03. The minimum atomic E-state index is -0.0834. The van der Waals surface area contributed by atoms with Crippen LogP contribution in [0.5, 0.6) is 5.75 Å². The van der Waals surface area contributed by atoms with Crippen LogP contribution in [0.25, 0.3) is 0 Å². The highest BCUT2D eigenvalue weighted by molar-refractivity contribution is 7.09. The molecular weight excluding hydrogens is 220 g/mol. The highest BCUT2D eigenvalue weighted by Crippen LogP contribution is 2.14. The first kappa shape index (κ1) is 10.9. The lowest BCUT2D eigenvalue weighted by atomic mass is 10.2. The normalized spacial score (nSPS) is 10.1. The second-order valence-corrected chi connectivity index (χ2v) is 4.46. The number of hydrogen-bond acceptors (Lipinski definition) is 3. The van der Waals surface area contributed by atoms with Crippen molar-refractivity contribution >= 4 is 11.3 Å². The summed E-state index contributed by atoms with van der Waals surface area (Å²) < 4.78 is 4.99. The lowest BCUT2D eigenvalue weighted by Gasteiger charge is -1.94. The maximum absolute atomic E-state index is 11.5. The summed E-state index contributed by atoms with van der Waals surface area (Å²) in [5.74, 6) is 0.387. The molecule has 2 aromatic rings. The van der Waals surface area contributed by atoms with Crippen molar-refractivity contribution in [1.29, 1.82) is 0 Å². The summed E-state index contributed by atoms with van der Waals surface area (Å²) in [6, 6.07) is 11.2. The molecule has 82 valence electrons. The molecule has 3 heteroatoms. The van der Waals surface area contributed by atoms with Crippen molar-refractivity contribution < 1.29 is 4.74 Å². The summed E-state index contributed by atoms with van der Waals surface area (Å²) in [6.45, 7) is 0. The van der Waals surface area contributed by atoms with E-state index in [1.54, 1.807) is 23.5 Å². The molecule has 1 heterocycles. The minimum Gasteiger partial charge on any atom is -0.493 e. The lowest BCUT2D eigenvalue weighted by molar-refractivity contribution is 0.411. The number of hydrogen-bond donors (Lipinski definition) is 0. The second-order valence-electron chi connectivity index (χ2n) is 3.43. The predicted octanol–water partition coefficient (Wildman–Crippen LogP) is 2.71. The number of methoxy groups -OCH3 is 1. The van der Waals surface area contributed by atoms with Gasteiger partial charge in [0.25, 0.3) is 0 Å². The number of ether oxygens (including phenoxy) is 1. The Hall–Kier alpha value is -1.61. The molecule has 0 aliphatic heterocycles. The van der Waals surface area contributed by atoms with Crippen LogP contribution >= 0.6 is 11.3 Å². The molecule has 0 saturated carbocycles. The van der Waals surface area contributed by atoms with Crippen LogP contribution in [0, 0.1) is 0 Å². The van der Waals surface area contributed by atoms with Gasteiger partial charge < -0.3 is 4.74 Å². The van der Waals surface area contributed by atoms with Gasteiger partial charge in [0.15, 0.2) is 5.75 Å². The maximum Gasteiger partial charge on any atom is 0.220 e. The topological polar surface area (TPSA) is 26.3 Å². The third kappa shape index (κ3) is 2.49. The van der Waals surface area contributed by atoms with E-state index >= 15 is 0 Å². The maximum atomic E-state index is 11.5. The van der Waals surface area contributed by atoms with E-state index in [1.165, 1.54) is 12.0 Å². The summed E-state index contributed by atoms with van der Waals surface area (Å²) in [6.07, 6.45) is 0.856. The van der Waals surface area contributed by atoms with Gasteiger partial charge in [-0.05, 0) is 29.1 Å². The molecule has 16 heavy (non-hydrogen) atoms. The van der Waals surface area contributed by atoms with Gasteiger partial charge in [0.05, 0.1) is 7.11 Å². The molecule has 1 aromatic carbocycles. The Morgan fingerprint density at radius 3 is 2.69 bits per heavy atom. The van der Waals surface area contributed by atoms with Crippen LogP contribution in [0.3, 0.4) is 0 Å². The Morgan fingerprint density at radius 2 is 2.00 bits per heavy atom.